The minimum atomic E-state index is -3.93. The summed E-state index contributed by atoms with van der Waals surface area (Å²) in [6, 6.07) is 30.4. The maximum absolute atomic E-state index is 12.9. The molecule has 0 radical (unpaired) electrons. The number of hydrogen-bond donors (Lipinski definition) is 2. The lowest BCUT2D eigenvalue weighted by molar-refractivity contribution is 0.101. The largest absolute Gasteiger partial charge is 0.322 e. The number of anilines is 4. The molecular formula is C28H23N3O4S. The van der Waals surface area contributed by atoms with Gasteiger partial charge in [-0.25, -0.2) is 12.7 Å². The monoisotopic (exact) mass is 497 g/mol. The molecule has 7 nitrogen and oxygen atoms in total. The number of benzene rings is 4. The first kappa shape index (κ1) is 24.4. The van der Waals surface area contributed by atoms with Gasteiger partial charge in [-0.2, -0.15) is 0 Å². The Hall–Kier alpha value is -4.69. The van der Waals surface area contributed by atoms with Crippen LogP contribution in [-0.4, -0.2) is 20.2 Å². The fourth-order valence-electron chi connectivity index (χ4n) is 3.46. The van der Waals surface area contributed by atoms with E-state index in [2.05, 4.69) is 17.2 Å². The predicted octanol–water partition coefficient (Wildman–Crippen LogP) is 5.80. The Balaban J connectivity index is 1.57. The van der Waals surface area contributed by atoms with Gasteiger partial charge < -0.3 is 10.6 Å². The molecule has 2 amide bonds. The highest BCUT2D eigenvalue weighted by molar-refractivity contribution is 7.95. The quantitative estimate of drug-likeness (QED) is 0.321. The summed E-state index contributed by atoms with van der Waals surface area (Å²) in [6.45, 7) is 3.43. The number of nitrogens with one attached hydrogen (secondary N) is 2. The third kappa shape index (κ3) is 5.68. The van der Waals surface area contributed by atoms with Gasteiger partial charge in [0.25, 0.3) is 21.8 Å². The predicted molar refractivity (Wildman–Crippen MR) is 143 cm³/mol. The van der Waals surface area contributed by atoms with E-state index >= 15 is 0 Å². The van der Waals surface area contributed by atoms with Crippen molar-refractivity contribution in [3.05, 3.63) is 132 Å². The van der Waals surface area contributed by atoms with Crippen LogP contribution in [0.15, 0.2) is 121 Å². The van der Waals surface area contributed by atoms with Crippen LogP contribution in [0.3, 0.4) is 0 Å². The summed E-state index contributed by atoms with van der Waals surface area (Å²) in [4.78, 5) is 25.1. The van der Waals surface area contributed by atoms with Crippen LogP contribution in [0.2, 0.25) is 0 Å². The molecule has 4 aromatic carbocycles. The van der Waals surface area contributed by atoms with Gasteiger partial charge in [0.15, 0.2) is 0 Å². The van der Waals surface area contributed by atoms with Gasteiger partial charge in [-0.3, -0.25) is 9.59 Å². The smallest absolute Gasteiger partial charge is 0.261 e. The van der Waals surface area contributed by atoms with Crippen LogP contribution in [-0.2, 0) is 10.0 Å². The highest BCUT2D eigenvalue weighted by Gasteiger charge is 2.22. The molecule has 4 rings (SSSR count). The van der Waals surface area contributed by atoms with Crippen molar-refractivity contribution in [2.75, 3.05) is 14.9 Å². The Labute approximate surface area is 209 Å². The van der Waals surface area contributed by atoms with Crippen LogP contribution in [0.25, 0.3) is 0 Å². The molecule has 0 heterocycles. The fourth-order valence-corrected chi connectivity index (χ4v) is 4.44. The summed E-state index contributed by atoms with van der Waals surface area (Å²) in [5.41, 5.74) is 2.66. The van der Waals surface area contributed by atoms with Crippen LogP contribution >= 0.6 is 0 Å². The Morgan fingerprint density at radius 2 is 0.972 bits per heavy atom. The van der Waals surface area contributed by atoms with Gasteiger partial charge >= 0.3 is 0 Å². The molecule has 36 heavy (non-hydrogen) atoms. The topological polar surface area (TPSA) is 95.6 Å². The average molecular weight is 498 g/mol. The van der Waals surface area contributed by atoms with Crippen LogP contribution < -0.4 is 14.9 Å². The Bertz CT molecular complexity index is 1370. The molecule has 0 unspecified atom stereocenters. The molecule has 0 saturated carbocycles. The second-order valence-corrected chi connectivity index (χ2v) is 9.44. The molecule has 2 N–H and O–H groups in total. The van der Waals surface area contributed by atoms with Crippen molar-refractivity contribution in [3.63, 3.8) is 0 Å². The second kappa shape index (κ2) is 10.7. The van der Waals surface area contributed by atoms with Crippen LogP contribution in [0.4, 0.5) is 22.7 Å². The van der Waals surface area contributed by atoms with Gasteiger partial charge in [-0.05, 0) is 72.8 Å². The normalized spacial score (nSPS) is 10.8. The molecule has 4 aromatic rings. The molecule has 0 spiro atoms. The van der Waals surface area contributed by atoms with E-state index in [1.807, 2.05) is 36.4 Å². The van der Waals surface area contributed by atoms with Crippen molar-refractivity contribution in [1.29, 1.82) is 0 Å². The van der Waals surface area contributed by atoms with Crippen molar-refractivity contribution >= 4 is 44.6 Å². The van der Waals surface area contributed by atoms with Gasteiger partial charge in [-0.1, -0.05) is 43.0 Å². The van der Waals surface area contributed by atoms with E-state index in [-0.39, 0.29) is 11.8 Å². The van der Waals surface area contributed by atoms with E-state index in [1.165, 1.54) is 24.3 Å². The van der Waals surface area contributed by atoms with Crippen molar-refractivity contribution in [2.24, 2.45) is 0 Å². The maximum atomic E-state index is 12.9. The first-order valence-corrected chi connectivity index (χ1v) is 12.5. The minimum absolute atomic E-state index is 0.313. The first-order chi connectivity index (χ1) is 17.4. The zero-order valence-corrected chi connectivity index (χ0v) is 20.0. The van der Waals surface area contributed by atoms with E-state index in [0.29, 0.717) is 33.9 Å². The first-order valence-electron chi connectivity index (χ1n) is 11.0. The van der Waals surface area contributed by atoms with Crippen molar-refractivity contribution in [2.45, 2.75) is 0 Å². The number of rotatable bonds is 8. The highest BCUT2D eigenvalue weighted by Crippen LogP contribution is 2.30. The van der Waals surface area contributed by atoms with E-state index in [4.69, 9.17) is 0 Å². The summed E-state index contributed by atoms with van der Waals surface area (Å²) in [5, 5.41) is 6.42. The fraction of sp³-hybridized carbons (Fsp3) is 0. The van der Waals surface area contributed by atoms with E-state index in [1.54, 1.807) is 48.5 Å². The minimum Gasteiger partial charge on any atom is -0.322 e. The Kier molecular flexibility index (Phi) is 7.27. The summed E-state index contributed by atoms with van der Waals surface area (Å²) in [7, 11) is -3.93. The summed E-state index contributed by atoms with van der Waals surface area (Å²) < 4.78 is 26.8. The SMILES string of the molecule is C=CS(=O)(=O)N(c1ccc(C(=O)Nc2ccccc2)cc1)c1ccc(C(=O)Nc2ccccc2)cc1. The third-order valence-electron chi connectivity index (χ3n) is 5.26. The Morgan fingerprint density at radius 3 is 1.31 bits per heavy atom. The second-order valence-electron chi connectivity index (χ2n) is 7.71. The number of nitrogens with zero attached hydrogens (tertiary/aromatic N) is 1. The van der Waals surface area contributed by atoms with Crippen molar-refractivity contribution in [1.82, 2.24) is 0 Å². The number of carbonyl (C=O) groups is 2. The van der Waals surface area contributed by atoms with Gasteiger partial charge in [0.05, 0.1) is 11.4 Å². The molecule has 180 valence electrons. The lowest BCUT2D eigenvalue weighted by Crippen LogP contribution is -2.24. The molecular weight excluding hydrogens is 474 g/mol. The lowest BCUT2D eigenvalue weighted by Gasteiger charge is -2.23. The van der Waals surface area contributed by atoms with Gasteiger partial charge in [0, 0.05) is 27.9 Å². The van der Waals surface area contributed by atoms with Crippen molar-refractivity contribution in [3.8, 4) is 0 Å². The van der Waals surface area contributed by atoms with Crippen LogP contribution in [0.1, 0.15) is 20.7 Å². The number of hydrogen-bond acceptors (Lipinski definition) is 4. The van der Waals surface area contributed by atoms with Crippen molar-refractivity contribution < 1.29 is 18.0 Å². The van der Waals surface area contributed by atoms with E-state index < -0.39 is 10.0 Å². The Morgan fingerprint density at radius 1 is 0.611 bits per heavy atom. The molecule has 0 aliphatic carbocycles. The van der Waals surface area contributed by atoms with Gasteiger partial charge in [-0.15, -0.1) is 0 Å². The number of sulfonamides is 1. The maximum Gasteiger partial charge on any atom is 0.261 e. The zero-order valence-electron chi connectivity index (χ0n) is 19.2. The van der Waals surface area contributed by atoms with Gasteiger partial charge in [0.1, 0.15) is 0 Å². The summed E-state index contributed by atoms with van der Waals surface area (Å²) in [5.74, 6) is -0.640. The number of carbonyl (C=O) groups excluding carboxylic acids is 2. The van der Waals surface area contributed by atoms with E-state index in [0.717, 1.165) is 9.71 Å². The van der Waals surface area contributed by atoms with Crippen LogP contribution in [0.5, 0.6) is 0 Å². The summed E-state index contributed by atoms with van der Waals surface area (Å²) >= 11 is 0. The molecule has 0 atom stereocenters. The summed E-state index contributed by atoms with van der Waals surface area (Å²) in [6.07, 6.45) is 0. The zero-order chi connectivity index (χ0) is 25.5. The molecule has 0 bridgehead atoms. The number of para-hydroxylation sites is 2. The molecule has 8 heteroatoms. The number of amides is 2. The van der Waals surface area contributed by atoms with Gasteiger partial charge in [0.2, 0.25) is 0 Å². The highest BCUT2D eigenvalue weighted by atomic mass is 32.2. The van der Waals surface area contributed by atoms with Crippen LogP contribution in [0, 0.1) is 0 Å². The molecule has 0 saturated heterocycles. The standard InChI is InChI=1S/C28H23N3O4S/c1-2-36(34,35)31(25-17-13-21(14-18-25)27(32)29-23-9-5-3-6-10-23)26-19-15-22(16-20-26)28(33)30-24-11-7-4-8-12-24/h2-20H,1H2,(H,29,32)(H,30,33). The van der Waals surface area contributed by atoms with E-state index in [9.17, 15) is 18.0 Å². The third-order valence-corrected chi connectivity index (χ3v) is 6.61. The molecule has 0 aliphatic heterocycles. The molecule has 0 aromatic heterocycles. The average Bonchev–Trinajstić information content (AvgIpc) is 2.90. The molecule has 0 aliphatic rings. The molecule has 0 fully saturated rings. The lowest BCUT2D eigenvalue weighted by atomic mass is 10.1.